The van der Waals surface area contributed by atoms with Crippen LogP contribution in [0.4, 0.5) is 40.1 Å². The van der Waals surface area contributed by atoms with Gasteiger partial charge >= 0.3 is 0 Å². The van der Waals surface area contributed by atoms with Crippen LogP contribution in [0.2, 0.25) is 5.02 Å². The fourth-order valence-electron chi connectivity index (χ4n) is 9.25. The third-order valence-corrected chi connectivity index (χ3v) is 15.1. The average Bonchev–Trinajstić information content (AvgIpc) is 3.69. The molecular formula is C56H68ClN21O9S. The van der Waals surface area contributed by atoms with Crippen LogP contribution in [0.1, 0.15) is 103 Å². The van der Waals surface area contributed by atoms with Gasteiger partial charge in [0.25, 0.3) is 47.3 Å². The van der Waals surface area contributed by atoms with Gasteiger partial charge in [0.1, 0.15) is 33.3 Å². The van der Waals surface area contributed by atoms with Crippen LogP contribution in [0, 0.1) is 0 Å². The maximum absolute atomic E-state index is 13.5. The number of nitrogens with one attached hydrogen (secondary N) is 9. The lowest BCUT2D eigenvalue weighted by Crippen LogP contribution is -2.39. The smallest absolute Gasteiger partial charge is 0.291 e. The van der Waals surface area contributed by atoms with E-state index in [0.717, 1.165) is 25.9 Å². The summed E-state index contributed by atoms with van der Waals surface area (Å²) >= 11 is 7.28. The van der Waals surface area contributed by atoms with Crippen molar-refractivity contribution in [1.29, 1.82) is 0 Å². The van der Waals surface area contributed by atoms with Gasteiger partial charge in [0.15, 0.2) is 11.6 Å². The Morgan fingerprint density at radius 1 is 0.500 bits per heavy atom. The van der Waals surface area contributed by atoms with Crippen molar-refractivity contribution in [2.24, 2.45) is 60.8 Å². The van der Waals surface area contributed by atoms with E-state index in [1.54, 1.807) is 96.2 Å². The van der Waals surface area contributed by atoms with E-state index in [1.165, 1.54) is 81.6 Å². The van der Waals surface area contributed by atoms with Gasteiger partial charge in [-0.15, -0.1) is 11.3 Å². The molecule has 0 saturated heterocycles. The third kappa shape index (κ3) is 15.7. The van der Waals surface area contributed by atoms with Crippen molar-refractivity contribution in [3.05, 3.63) is 135 Å². The van der Waals surface area contributed by atoms with Crippen LogP contribution >= 0.6 is 22.9 Å². The number of nitrogens with zero attached hydrogens (tertiary/aromatic N) is 10. The largest absolute Gasteiger partial charge is 0.351 e. The molecule has 0 aliphatic heterocycles. The molecule has 13 N–H and O–H groups in total. The molecule has 88 heavy (non-hydrogen) atoms. The van der Waals surface area contributed by atoms with Crippen molar-refractivity contribution >= 4 is 116 Å². The Morgan fingerprint density at radius 2 is 0.886 bits per heavy atom. The van der Waals surface area contributed by atoms with E-state index in [2.05, 4.69) is 62.7 Å². The second-order valence-corrected chi connectivity index (χ2v) is 22.1. The van der Waals surface area contributed by atoms with Crippen molar-refractivity contribution < 1.29 is 43.2 Å². The summed E-state index contributed by atoms with van der Waals surface area (Å²) < 4.78 is 10.5. The molecule has 0 bridgehead atoms. The first-order valence-electron chi connectivity index (χ1n) is 27.4. The van der Waals surface area contributed by atoms with E-state index in [0.29, 0.717) is 51.4 Å². The van der Waals surface area contributed by atoms with E-state index >= 15 is 0 Å². The Kier molecular flexibility index (Phi) is 20.3. The van der Waals surface area contributed by atoms with E-state index in [4.69, 9.17) is 23.1 Å². The summed E-state index contributed by atoms with van der Waals surface area (Å²) in [5, 5.41) is 26.6. The second-order valence-electron chi connectivity index (χ2n) is 20.8. The Bertz CT molecular complexity index is 3960. The lowest BCUT2D eigenvalue weighted by Gasteiger charge is -2.15. The maximum atomic E-state index is 13.5. The van der Waals surface area contributed by atoms with E-state index in [-0.39, 0.29) is 70.6 Å². The van der Waals surface area contributed by atoms with Crippen LogP contribution < -0.4 is 59.3 Å². The number of thiophene rings is 1. The molecule has 0 unspecified atom stereocenters. The molecule has 0 saturated carbocycles. The Labute approximate surface area is 512 Å². The van der Waals surface area contributed by atoms with E-state index < -0.39 is 53.3 Å². The molecule has 1 atom stereocenters. The highest BCUT2D eigenvalue weighted by atomic mass is 35.5. The number of nitrogens with two attached hydrogens (primary N) is 2. The molecule has 8 heterocycles. The third-order valence-electron chi connectivity index (χ3n) is 13.8. The van der Waals surface area contributed by atoms with E-state index in [9.17, 15) is 43.2 Å². The van der Waals surface area contributed by atoms with Gasteiger partial charge in [-0.05, 0) is 87.7 Å². The van der Waals surface area contributed by atoms with Crippen LogP contribution in [-0.4, -0.2) is 146 Å². The first kappa shape index (κ1) is 63.9. The number of aromatic nitrogens is 9. The molecule has 8 rings (SSSR count). The summed E-state index contributed by atoms with van der Waals surface area (Å²) in [5.74, 6) is -4.73. The van der Waals surface area contributed by atoms with Crippen LogP contribution in [0.25, 0.3) is 0 Å². The molecule has 8 aromatic rings. The van der Waals surface area contributed by atoms with Crippen LogP contribution in [-0.2, 0) is 54.1 Å². The molecular weight excluding hydrogens is 1180 g/mol. The molecule has 464 valence electrons. The average molecular weight is 1250 g/mol. The van der Waals surface area contributed by atoms with Gasteiger partial charge in [0.05, 0.1) is 39.5 Å². The van der Waals surface area contributed by atoms with Gasteiger partial charge in [0, 0.05) is 106 Å². The fourth-order valence-corrected chi connectivity index (χ4v) is 10.3. The lowest BCUT2D eigenvalue weighted by molar-refractivity contribution is -0.117. The van der Waals surface area contributed by atoms with Gasteiger partial charge in [-0.1, -0.05) is 11.6 Å². The molecule has 0 aliphatic rings. The van der Waals surface area contributed by atoms with Crippen LogP contribution in [0.5, 0.6) is 0 Å². The number of aryl methyl sites for hydroxylation is 7. The molecule has 32 heteroatoms. The topological polar surface area (TPSA) is 377 Å². The number of halogens is 1. The zero-order valence-electron chi connectivity index (χ0n) is 49.4. The normalized spacial score (nSPS) is 11.5. The Hall–Kier alpha value is -10.1. The van der Waals surface area contributed by atoms with Crippen molar-refractivity contribution in [1.82, 2.24) is 57.5 Å². The standard InChI is InChI=1S/C56H68ClN21O9S/c1-71(16-9-13-58)17-10-14-60-49(80)38-19-32(25-72(38)2)63-51(82)40-23-35(28-74(40)4)66-56(87)47-68-44(30-78(47)8)70-52(83)41-20-31(24-75(41)5)62-48(79)37(59)11-15-61-55(86)46-67-43(29-77(46)7)69-53(84)42-21-33(26-76(42)6)64-50(81)39-22-34(27-73(39)3)65-54(85)45-36(57)12-18-88-45/h12,18-30,37H,9-11,13-17,58-59H2,1-8H3,(H,60,80)(H,61,86)(H,62,79)(H,63,82)(H,64,81)(H,65,85)(H,66,87)(H,69,84)(H,70,83)/t37-/m1/s1. The minimum absolute atomic E-state index is 0.00870. The Balaban J connectivity index is 0.763. The predicted octanol–water partition coefficient (Wildman–Crippen LogP) is 3.56. The first-order chi connectivity index (χ1) is 41.8. The monoisotopic (exact) mass is 1250 g/mol. The highest BCUT2D eigenvalue weighted by Crippen LogP contribution is 2.26. The molecule has 30 nitrogen and oxygen atoms in total. The quantitative estimate of drug-likeness (QED) is 0.0346. The molecule has 0 spiro atoms. The van der Waals surface area contributed by atoms with Crippen molar-refractivity contribution in [3.8, 4) is 0 Å². The first-order valence-corrected chi connectivity index (χ1v) is 28.6. The van der Waals surface area contributed by atoms with E-state index in [1.807, 2.05) is 7.05 Å². The van der Waals surface area contributed by atoms with Crippen molar-refractivity contribution in [2.75, 3.05) is 77.0 Å². The minimum Gasteiger partial charge on any atom is -0.351 e. The van der Waals surface area contributed by atoms with Gasteiger partial charge in [-0.3, -0.25) is 43.2 Å². The predicted molar refractivity (Wildman–Crippen MR) is 332 cm³/mol. The molecule has 9 amide bonds. The molecule has 8 aromatic heterocycles. The number of carbonyl (C=O) groups excluding carboxylic acids is 9. The van der Waals surface area contributed by atoms with Crippen LogP contribution in [0.15, 0.2) is 85.2 Å². The highest BCUT2D eigenvalue weighted by molar-refractivity contribution is 7.12. The molecule has 0 radical (unpaired) electrons. The highest BCUT2D eigenvalue weighted by Gasteiger charge is 2.25. The van der Waals surface area contributed by atoms with Crippen LogP contribution in [0.3, 0.4) is 0 Å². The zero-order valence-corrected chi connectivity index (χ0v) is 51.0. The number of amides is 9. The summed E-state index contributed by atoms with van der Waals surface area (Å²) in [6.45, 7) is 2.76. The number of hydrogen-bond donors (Lipinski definition) is 11. The number of hydrogen-bond acceptors (Lipinski definition) is 15. The summed E-state index contributed by atoms with van der Waals surface area (Å²) in [5.41, 5.74) is 14.5. The summed E-state index contributed by atoms with van der Waals surface area (Å²) in [4.78, 5) is 130. The molecule has 0 aromatic carbocycles. The van der Waals surface area contributed by atoms with Gasteiger partial charge in [-0.2, -0.15) is 0 Å². The molecule has 0 fully saturated rings. The number of rotatable bonds is 26. The number of anilines is 7. The number of carbonyl (C=O) groups is 9. The number of imidazole rings is 2. The SMILES string of the molecule is CN(CCCN)CCCNC(=O)c1cc(NC(=O)c2cc(NC(=O)c3nc(NC(=O)c4cc(NC(=O)[C@H](N)CCNC(=O)c5nc(NC(=O)c6cc(NC(=O)c7cc(NC(=O)c8sccc8Cl)cn7C)cn6C)cn5C)cn4C)cn3C)cn2C)cn1C. The zero-order chi connectivity index (χ0) is 63.7. The van der Waals surface area contributed by atoms with Gasteiger partial charge < -0.3 is 96.2 Å². The maximum Gasteiger partial charge on any atom is 0.291 e. The van der Waals surface area contributed by atoms with Crippen molar-refractivity contribution in [2.45, 2.75) is 25.3 Å². The second kappa shape index (κ2) is 28.0. The fraction of sp³-hybridized carbons (Fsp3) is 0.304. The van der Waals surface area contributed by atoms with Gasteiger partial charge in [0.2, 0.25) is 17.6 Å². The summed E-state index contributed by atoms with van der Waals surface area (Å²) in [6.07, 6.45) is 12.3. The van der Waals surface area contributed by atoms with Crippen molar-refractivity contribution in [3.63, 3.8) is 0 Å². The molecule has 0 aliphatic carbocycles. The summed E-state index contributed by atoms with van der Waals surface area (Å²) in [6, 6.07) is 7.97. The summed E-state index contributed by atoms with van der Waals surface area (Å²) in [7, 11) is 13.3. The van der Waals surface area contributed by atoms with Gasteiger partial charge in [-0.25, -0.2) is 9.97 Å². The Morgan fingerprint density at radius 3 is 1.33 bits per heavy atom. The minimum atomic E-state index is -1.09. The lowest BCUT2D eigenvalue weighted by atomic mass is 10.2.